The van der Waals surface area contributed by atoms with Crippen LogP contribution >= 0.6 is 0 Å². The number of hydrogen-bond acceptors (Lipinski definition) is 3. The molecule has 1 fully saturated rings. The van der Waals surface area contributed by atoms with Gasteiger partial charge in [-0.3, -0.25) is 15.1 Å². The van der Waals surface area contributed by atoms with Crippen molar-refractivity contribution >= 4 is 0 Å². The van der Waals surface area contributed by atoms with Gasteiger partial charge < -0.3 is 0 Å². The molecule has 27 heavy (non-hydrogen) atoms. The van der Waals surface area contributed by atoms with Gasteiger partial charge >= 0.3 is 0 Å². The first-order chi connectivity index (χ1) is 13.2. The minimum atomic E-state index is 0.685. The summed E-state index contributed by atoms with van der Waals surface area (Å²) in [5.41, 5.74) is 10.4. The number of rotatable bonds is 4. The number of aromatic nitrogens is 4. The number of nitrogens with one attached hydrogen (secondary N) is 2. The standard InChI is InChI=1S/C22H27N5/c1-14-6-7-15(2)18(10-14)22-17(11-23-25-22)12-27-9-8-20-19(13-27)21(26-24-20)16-4-3-5-16/h6-7,10-11,16H,3-5,8-9,12-13H2,1-2H3,(H,23,25)(H,24,26). The van der Waals surface area contributed by atoms with Gasteiger partial charge in [-0.25, -0.2) is 0 Å². The van der Waals surface area contributed by atoms with Crippen LogP contribution in [0.3, 0.4) is 0 Å². The number of nitrogens with zero attached hydrogens (tertiary/aromatic N) is 3. The second-order valence-corrected chi connectivity index (χ2v) is 8.24. The van der Waals surface area contributed by atoms with Crippen molar-refractivity contribution in [2.24, 2.45) is 0 Å². The third kappa shape index (κ3) is 3.00. The van der Waals surface area contributed by atoms with Crippen molar-refractivity contribution in [2.75, 3.05) is 6.54 Å². The lowest BCUT2D eigenvalue weighted by Crippen LogP contribution is -2.30. The van der Waals surface area contributed by atoms with E-state index in [-0.39, 0.29) is 0 Å². The smallest absolute Gasteiger partial charge is 0.0700 e. The monoisotopic (exact) mass is 361 g/mol. The number of aryl methyl sites for hydroxylation is 2. The Balaban J connectivity index is 1.39. The summed E-state index contributed by atoms with van der Waals surface area (Å²) in [6.07, 6.45) is 7.01. The predicted molar refractivity (Wildman–Crippen MR) is 106 cm³/mol. The van der Waals surface area contributed by atoms with Crippen molar-refractivity contribution < 1.29 is 0 Å². The molecule has 5 rings (SSSR count). The summed E-state index contributed by atoms with van der Waals surface area (Å²) < 4.78 is 0. The lowest BCUT2D eigenvalue weighted by atomic mass is 9.81. The molecule has 0 bridgehead atoms. The highest BCUT2D eigenvalue weighted by Crippen LogP contribution is 2.39. The third-order valence-electron chi connectivity index (χ3n) is 6.31. The Labute approximate surface area is 160 Å². The van der Waals surface area contributed by atoms with E-state index in [0.29, 0.717) is 5.92 Å². The van der Waals surface area contributed by atoms with Crippen LogP contribution in [0.5, 0.6) is 0 Å². The van der Waals surface area contributed by atoms with Crippen LogP contribution < -0.4 is 0 Å². The van der Waals surface area contributed by atoms with Crippen LogP contribution in [0.4, 0.5) is 0 Å². The van der Waals surface area contributed by atoms with E-state index in [2.05, 4.69) is 57.3 Å². The molecule has 0 unspecified atom stereocenters. The summed E-state index contributed by atoms with van der Waals surface area (Å²) in [7, 11) is 0. The topological polar surface area (TPSA) is 60.6 Å². The Morgan fingerprint density at radius 2 is 2.07 bits per heavy atom. The van der Waals surface area contributed by atoms with Crippen molar-refractivity contribution in [3.63, 3.8) is 0 Å². The van der Waals surface area contributed by atoms with Gasteiger partial charge in [-0.05, 0) is 38.3 Å². The summed E-state index contributed by atoms with van der Waals surface area (Å²) in [4.78, 5) is 2.54. The van der Waals surface area contributed by atoms with Crippen molar-refractivity contribution in [3.8, 4) is 11.3 Å². The van der Waals surface area contributed by atoms with E-state index in [1.165, 1.54) is 58.5 Å². The number of H-pyrrole nitrogens is 2. The number of hydrogen-bond donors (Lipinski definition) is 2. The molecular formula is C22H27N5. The normalized spacial score (nSPS) is 17.7. The van der Waals surface area contributed by atoms with Crippen LogP contribution in [0.15, 0.2) is 24.4 Å². The summed E-state index contributed by atoms with van der Waals surface area (Å²) in [5, 5.41) is 15.6. The minimum Gasteiger partial charge on any atom is -0.294 e. The molecule has 1 aliphatic carbocycles. The minimum absolute atomic E-state index is 0.685. The molecule has 5 nitrogen and oxygen atoms in total. The van der Waals surface area contributed by atoms with Gasteiger partial charge in [0.1, 0.15) is 0 Å². The van der Waals surface area contributed by atoms with E-state index in [4.69, 9.17) is 0 Å². The molecule has 0 spiro atoms. The largest absolute Gasteiger partial charge is 0.294 e. The average Bonchev–Trinajstić information content (AvgIpc) is 3.23. The summed E-state index contributed by atoms with van der Waals surface area (Å²) >= 11 is 0. The van der Waals surface area contributed by atoms with Gasteiger partial charge in [0, 0.05) is 54.4 Å². The van der Waals surface area contributed by atoms with Crippen LogP contribution in [0.25, 0.3) is 11.3 Å². The molecule has 2 aromatic heterocycles. The van der Waals surface area contributed by atoms with Crippen molar-refractivity contribution in [3.05, 3.63) is 58.0 Å². The van der Waals surface area contributed by atoms with E-state index in [1.54, 1.807) is 0 Å². The Bertz CT molecular complexity index is 963. The molecule has 1 aromatic carbocycles. The van der Waals surface area contributed by atoms with E-state index in [1.807, 2.05) is 6.20 Å². The zero-order chi connectivity index (χ0) is 18.4. The van der Waals surface area contributed by atoms with Crippen LogP contribution in [0, 0.1) is 13.8 Å². The average molecular weight is 361 g/mol. The molecule has 0 radical (unpaired) electrons. The number of aromatic amines is 2. The Kier molecular flexibility index (Phi) is 4.12. The third-order valence-corrected chi connectivity index (χ3v) is 6.31. The van der Waals surface area contributed by atoms with E-state index >= 15 is 0 Å². The van der Waals surface area contributed by atoms with Gasteiger partial charge in [0.05, 0.1) is 17.6 Å². The first-order valence-corrected chi connectivity index (χ1v) is 10.1. The Morgan fingerprint density at radius 3 is 2.89 bits per heavy atom. The van der Waals surface area contributed by atoms with E-state index in [9.17, 15) is 0 Å². The first-order valence-electron chi connectivity index (χ1n) is 10.1. The molecule has 3 heterocycles. The van der Waals surface area contributed by atoms with Gasteiger partial charge in [0.15, 0.2) is 0 Å². The lowest BCUT2D eigenvalue weighted by Gasteiger charge is -2.30. The quantitative estimate of drug-likeness (QED) is 0.730. The molecule has 5 heteroatoms. The molecule has 3 aromatic rings. The Hall–Kier alpha value is -2.40. The van der Waals surface area contributed by atoms with Crippen molar-refractivity contribution in [1.29, 1.82) is 0 Å². The predicted octanol–water partition coefficient (Wildman–Crippen LogP) is 4.24. The molecule has 0 atom stereocenters. The van der Waals surface area contributed by atoms with Crippen molar-refractivity contribution in [2.45, 2.75) is 58.5 Å². The first kappa shape index (κ1) is 16.8. The van der Waals surface area contributed by atoms with Gasteiger partial charge in [-0.1, -0.05) is 24.1 Å². The second kappa shape index (κ2) is 6.64. The van der Waals surface area contributed by atoms with Crippen LogP contribution in [0.2, 0.25) is 0 Å². The molecule has 1 saturated carbocycles. The maximum atomic E-state index is 4.67. The molecule has 140 valence electrons. The fourth-order valence-electron chi connectivity index (χ4n) is 4.44. The molecule has 2 aliphatic rings. The highest BCUT2D eigenvalue weighted by atomic mass is 15.2. The van der Waals surface area contributed by atoms with Crippen LogP contribution in [-0.4, -0.2) is 31.8 Å². The summed E-state index contributed by atoms with van der Waals surface area (Å²) in [6.45, 7) is 7.30. The summed E-state index contributed by atoms with van der Waals surface area (Å²) in [6, 6.07) is 6.62. The molecule has 0 saturated heterocycles. The van der Waals surface area contributed by atoms with Gasteiger partial charge in [-0.15, -0.1) is 0 Å². The van der Waals surface area contributed by atoms with E-state index < -0.39 is 0 Å². The maximum absolute atomic E-state index is 4.67. The van der Waals surface area contributed by atoms with Crippen LogP contribution in [0.1, 0.15) is 58.8 Å². The fourth-order valence-corrected chi connectivity index (χ4v) is 4.44. The number of fused-ring (bicyclic) bond motifs is 1. The zero-order valence-corrected chi connectivity index (χ0v) is 16.2. The molecular weight excluding hydrogens is 334 g/mol. The highest BCUT2D eigenvalue weighted by molar-refractivity contribution is 5.67. The fraction of sp³-hybridized carbons (Fsp3) is 0.455. The summed E-state index contributed by atoms with van der Waals surface area (Å²) in [5.74, 6) is 0.685. The van der Waals surface area contributed by atoms with Gasteiger partial charge in [0.2, 0.25) is 0 Å². The Morgan fingerprint density at radius 1 is 1.19 bits per heavy atom. The van der Waals surface area contributed by atoms with E-state index in [0.717, 1.165) is 31.7 Å². The molecule has 0 amide bonds. The SMILES string of the molecule is Cc1ccc(C)c(-c2[nH]ncc2CN2CCc3[nH]nc(C4CCC4)c3C2)c1. The molecule has 1 aliphatic heterocycles. The second-order valence-electron chi connectivity index (χ2n) is 8.24. The van der Waals surface area contributed by atoms with Gasteiger partial charge in [-0.2, -0.15) is 10.2 Å². The van der Waals surface area contributed by atoms with Crippen molar-refractivity contribution in [1.82, 2.24) is 25.3 Å². The van der Waals surface area contributed by atoms with Gasteiger partial charge in [0.25, 0.3) is 0 Å². The zero-order valence-electron chi connectivity index (χ0n) is 16.2. The maximum Gasteiger partial charge on any atom is 0.0700 e. The molecule has 2 N–H and O–H groups in total. The number of benzene rings is 1. The highest BCUT2D eigenvalue weighted by Gasteiger charge is 2.29. The lowest BCUT2D eigenvalue weighted by molar-refractivity contribution is 0.242. The van der Waals surface area contributed by atoms with Crippen LogP contribution in [-0.2, 0) is 19.5 Å².